The van der Waals surface area contributed by atoms with E-state index in [1.165, 1.54) is 142 Å². The lowest BCUT2D eigenvalue weighted by Crippen LogP contribution is -2.62. The van der Waals surface area contributed by atoms with Gasteiger partial charge in [-0.3, -0.25) is 0 Å². The predicted octanol–water partition coefficient (Wildman–Crippen LogP) is 19.8. The monoisotopic (exact) mass is 1130 g/mol. The highest BCUT2D eigenvalue weighted by molar-refractivity contribution is 7.00. The van der Waals surface area contributed by atoms with Crippen molar-refractivity contribution in [3.8, 4) is 28.0 Å². The quantitative estimate of drug-likeness (QED) is 0.164. The van der Waals surface area contributed by atoms with Crippen LogP contribution < -0.4 is 35.8 Å². The van der Waals surface area contributed by atoms with Crippen LogP contribution in [0.25, 0.3) is 22.3 Å². The van der Waals surface area contributed by atoms with Gasteiger partial charge in [0, 0.05) is 56.5 Å². The number of benzene rings is 8. The summed E-state index contributed by atoms with van der Waals surface area (Å²) in [6, 6.07) is 58.7. The van der Waals surface area contributed by atoms with Gasteiger partial charge in [0.25, 0.3) is 6.71 Å². The molecule has 436 valence electrons. The Hall–Kier alpha value is -6.98. The van der Waals surface area contributed by atoms with E-state index in [1.807, 2.05) is 0 Å². The standard InChI is InChI=1S/C81H88BN3O/c1-74(2)34-35-75(3,4)59-42-54(29-30-58(59)74)84-69-48-63-61(77(7,8)37-39-79(63,11)12)46-66(69)82-65-45-60-62(78(9,10)38-36-76(60,5)6)47-68(65)83(53-28-26-52-49-86-72-25-19-18-24-56(72)57(52)41-53)70-43-55(44-71(84)73(70)82)85-67-31-27-51(50-22-16-15-17-23-50)40-64(67)80(13)32-20-21-33-81(80,85)14/h15-19,22-31,40-48H,20-21,32-39,49H2,1-14H3. The van der Waals surface area contributed by atoms with Gasteiger partial charge < -0.3 is 19.4 Å². The highest BCUT2D eigenvalue weighted by Crippen LogP contribution is 2.63. The molecule has 0 amide bonds. The summed E-state index contributed by atoms with van der Waals surface area (Å²) in [6.45, 7) is 35.9. The Morgan fingerprint density at radius 3 is 1.48 bits per heavy atom. The average molecular weight is 1130 g/mol. The molecule has 4 aliphatic heterocycles. The summed E-state index contributed by atoms with van der Waals surface area (Å²) in [6.07, 6.45) is 11.7. The lowest BCUT2D eigenvalue weighted by molar-refractivity contribution is 0.195. The molecule has 0 N–H and O–H groups in total. The van der Waals surface area contributed by atoms with Gasteiger partial charge in [-0.2, -0.15) is 0 Å². The summed E-state index contributed by atoms with van der Waals surface area (Å²) in [5.74, 6) is 0.957. The molecule has 8 aliphatic rings. The molecule has 4 nitrogen and oxygen atoms in total. The minimum atomic E-state index is -0.196. The second-order valence-corrected chi connectivity index (χ2v) is 32.3. The first-order valence-corrected chi connectivity index (χ1v) is 33.0. The van der Waals surface area contributed by atoms with Crippen molar-refractivity contribution in [1.82, 2.24) is 0 Å². The van der Waals surface area contributed by atoms with Gasteiger partial charge in [-0.15, -0.1) is 0 Å². The first-order valence-electron chi connectivity index (χ1n) is 33.0. The first kappa shape index (κ1) is 54.4. The van der Waals surface area contributed by atoms with Crippen molar-refractivity contribution in [3.63, 3.8) is 0 Å². The van der Waals surface area contributed by atoms with E-state index in [1.54, 1.807) is 0 Å². The number of hydrogen-bond donors (Lipinski definition) is 0. The van der Waals surface area contributed by atoms with E-state index in [2.05, 4.69) is 257 Å². The molecule has 16 rings (SSSR count). The van der Waals surface area contributed by atoms with Gasteiger partial charge in [-0.25, -0.2) is 0 Å². The van der Waals surface area contributed by atoms with Gasteiger partial charge in [-0.1, -0.05) is 182 Å². The van der Waals surface area contributed by atoms with E-state index in [-0.39, 0.29) is 50.2 Å². The van der Waals surface area contributed by atoms with Crippen LogP contribution in [0.3, 0.4) is 0 Å². The lowest BCUT2D eigenvalue weighted by atomic mass is 9.32. The van der Waals surface area contributed by atoms with E-state index in [0.29, 0.717) is 6.61 Å². The van der Waals surface area contributed by atoms with Crippen molar-refractivity contribution >= 4 is 68.6 Å². The fraction of sp³-hybridized carbons (Fsp3) is 0.407. The molecule has 0 radical (unpaired) electrons. The third-order valence-corrected chi connectivity index (χ3v) is 24.5. The predicted molar refractivity (Wildman–Crippen MR) is 364 cm³/mol. The van der Waals surface area contributed by atoms with Gasteiger partial charge in [0.1, 0.15) is 12.4 Å². The second-order valence-electron chi connectivity index (χ2n) is 32.3. The largest absolute Gasteiger partial charge is 0.488 e. The molecule has 0 aromatic heterocycles. The Morgan fingerprint density at radius 1 is 0.360 bits per heavy atom. The Morgan fingerprint density at radius 2 is 0.872 bits per heavy atom. The van der Waals surface area contributed by atoms with E-state index in [0.717, 1.165) is 56.3 Å². The molecule has 8 aromatic rings. The number of nitrogens with zero attached hydrogens (tertiary/aromatic N) is 3. The summed E-state index contributed by atoms with van der Waals surface area (Å²) in [7, 11) is 0. The Labute approximate surface area is 514 Å². The van der Waals surface area contributed by atoms with E-state index in [4.69, 9.17) is 4.74 Å². The maximum absolute atomic E-state index is 6.49. The lowest BCUT2D eigenvalue weighted by Gasteiger charge is -2.52. The second kappa shape index (κ2) is 17.9. The third kappa shape index (κ3) is 7.54. The summed E-state index contributed by atoms with van der Waals surface area (Å²) >= 11 is 0. The van der Waals surface area contributed by atoms with Crippen molar-refractivity contribution in [2.24, 2.45) is 0 Å². The number of hydrogen-bond acceptors (Lipinski definition) is 4. The van der Waals surface area contributed by atoms with Crippen molar-refractivity contribution in [3.05, 3.63) is 190 Å². The van der Waals surface area contributed by atoms with Crippen LogP contribution in [0.1, 0.15) is 206 Å². The normalized spacial score (nSPS) is 23.8. The van der Waals surface area contributed by atoms with E-state index in [9.17, 15) is 0 Å². The average Bonchev–Trinajstić information content (AvgIpc) is 1.08. The van der Waals surface area contributed by atoms with Gasteiger partial charge in [0.2, 0.25) is 0 Å². The van der Waals surface area contributed by atoms with Crippen LogP contribution in [0.2, 0.25) is 0 Å². The summed E-state index contributed by atoms with van der Waals surface area (Å²) < 4.78 is 6.49. The molecule has 86 heavy (non-hydrogen) atoms. The minimum Gasteiger partial charge on any atom is -0.488 e. The highest BCUT2D eigenvalue weighted by Gasteiger charge is 2.59. The zero-order valence-corrected chi connectivity index (χ0v) is 54.0. The van der Waals surface area contributed by atoms with Gasteiger partial charge in [0.05, 0.1) is 5.54 Å². The summed E-state index contributed by atoms with van der Waals surface area (Å²) in [5, 5.41) is 0. The van der Waals surface area contributed by atoms with Gasteiger partial charge in [0.15, 0.2) is 0 Å². The van der Waals surface area contributed by atoms with Crippen LogP contribution in [0, 0.1) is 0 Å². The molecule has 8 aromatic carbocycles. The molecule has 2 atom stereocenters. The van der Waals surface area contributed by atoms with Crippen molar-refractivity contribution in [2.75, 3.05) is 14.7 Å². The first-order chi connectivity index (χ1) is 40.8. The van der Waals surface area contributed by atoms with Gasteiger partial charge >= 0.3 is 0 Å². The van der Waals surface area contributed by atoms with Crippen LogP contribution in [0.5, 0.6) is 5.75 Å². The van der Waals surface area contributed by atoms with Crippen molar-refractivity contribution in [2.45, 2.75) is 211 Å². The fourth-order valence-corrected chi connectivity index (χ4v) is 18.5. The SMILES string of the molecule is CC1(C)CCC(C)(C)c2cc(N3c4cc5c(cc4B4c6cc7c(cc6N(c6ccc8c(c6)-c6ccccc6OC8)c6cc(N8c9ccc(-c%10ccccc%10)cc9C9(C)CCCCC89C)cc3c64)C(C)(C)CCC7(C)C)C(C)(C)CCC5(C)C)ccc21. The molecule has 1 saturated carbocycles. The maximum atomic E-state index is 6.49. The Kier molecular flexibility index (Phi) is 11.3. The van der Waals surface area contributed by atoms with Crippen LogP contribution in [0.4, 0.5) is 45.5 Å². The summed E-state index contributed by atoms with van der Waals surface area (Å²) in [4.78, 5) is 8.44. The molecule has 0 saturated heterocycles. The van der Waals surface area contributed by atoms with Crippen LogP contribution >= 0.6 is 0 Å². The zero-order chi connectivity index (χ0) is 59.6. The molecule has 4 aliphatic carbocycles. The van der Waals surface area contributed by atoms with Crippen LogP contribution in [0.15, 0.2) is 146 Å². The molecule has 1 fully saturated rings. The topological polar surface area (TPSA) is 19.0 Å². The van der Waals surface area contributed by atoms with Gasteiger partial charge in [-0.05, 0) is 235 Å². The summed E-state index contributed by atoms with van der Waals surface area (Å²) in [5.41, 5.74) is 31.2. The number of para-hydroxylation sites is 1. The maximum Gasteiger partial charge on any atom is 0.252 e. The van der Waals surface area contributed by atoms with Crippen LogP contribution in [-0.2, 0) is 44.5 Å². The minimum absolute atomic E-state index is 0.00462. The highest BCUT2D eigenvalue weighted by atomic mass is 16.5. The van der Waals surface area contributed by atoms with E-state index < -0.39 is 0 Å². The number of rotatable bonds is 4. The Balaban J connectivity index is 1.06. The molecule has 4 heterocycles. The number of ether oxygens (including phenoxy) is 1. The molecule has 5 heteroatoms. The molecular formula is C81H88BN3O. The molecule has 0 spiro atoms. The molecular weight excluding hydrogens is 1040 g/mol. The van der Waals surface area contributed by atoms with E-state index >= 15 is 0 Å². The third-order valence-electron chi connectivity index (χ3n) is 24.5. The van der Waals surface area contributed by atoms with Crippen LogP contribution in [-0.4, -0.2) is 12.3 Å². The van der Waals surface area contributed by atoms with Crippen molar-refractivity contribution in [1.29, 1.82) is 0 Å². The van der Waals surface area contributed by atoms with Crippen molar-refractivity contribution < 1.29 is 4.74 Å². The Bertz CT molecular complexity index is 4210. The number of anilines is 8. The zero-order valence-electron chi connectivity index (χ0n) is 54.0. The number of fused-ring (bicyclic) bond motifs is 13. The molecule has 2 unspecified atom stereocenters. The smallest absolute Gasteiger partial charge is 0.252 e. The fourth-order valence-electron chi connectivity index (χ4n) is 18.5. The molecule has 0 bridgehead atoms.